The van der Waals surface area contributed by atoms with Gasteiger partial charge >= 0.3 is 0 Å². The molecule has 0 saturated heterocycles. The van der Waals surface area contributed by atoms with Gasteiger partial charge in [-0.2, -0.15) is 0 Å². The third kappa shape index (κ3) is 5.13. The van der Waals surface area contributed by atoms with Crippen molar-refractivity contribution in [1.82, 2.24) is 5.32 Å². The molecule has 0 fully saturated rings. The van der Waals surface area contributed by atoms with Gasteiger partial charge in [0.15, 0.2) is 6.61 Å². The number of carbonyl (C=O) groups is 2. The topological polar surface area (TPSA) is 118 Å². The monoisotopic (exact) mass is 396 g/mol. The summed E-state index contributed by atoms with van der Waals surface area (Å²) in [4.78, 5) is 34.4. The Morgan fingerprint density at radius 3 is 2.52 bits per heavy atom. The minimum atomic E-state index is -1.40. The van der Waals surface area contributed by atoms with E-state index in [2.05, 4.69) is 5.32 Å². The van der Waals surface area contributed by atoms with E-state index in [0.29, 0.717) is 11.1 Å². The Hall–Kier alpha value is -3.81. The minimum absolute atomic E-state index is 0.0528. The first-order valence-electron chi connectivity index (χ1n) is 8.88. The van der Waals surface area contributed by atoms with Crippen LogP contribution in [0, 0.1) is 0 Å². The normalized spacial score (nSPS) is 10.5. The summed E-state index contributed by atoms with van der Waals surface area (Å²) in [5.41, 5.74) is 1.07. The largest absolute Gasteiger partial charge is 0.548 e. The van der Waals surface area contributed by atoms with Crippen molar-refractivity contribution in [2.75, 3.05) is 13.2 Å². The lowest BCUT2D eigenvalue weighted by Gasteiger charge is -2.09. The molecule has 1 heterocycles. The molecular weight excluding hydrogens is 378 g/mol. The number of carboxylic acid groups (broad SMARTS) is 1. The molecule has 0 bridgehead atoms. The highest BCUT2D eigenvalue weighted by Crippen LogP contribution is 2.24. The van der Waals surface area contributed by atoms with E-state index in [1.54, 1.807) is 12.1 Å². The molecule has 8 nitrogen and oxygen atoms in total. The van der Waals surface area contributed by atoms with Gasteiger partial charge in [-0.25, -0.2) is 0 Å². The van der Waals surface area contributed by atoms with E-state index in [1.165, 1.54) is 24.5 Å². The summed E-state index contributed by atoms with van der Waals surface area (Å²) < 4.78 is 16.4. The second kappa shape index (κ2) is 8.92. The van der Waals surface area contributed by atoms with Crippen molar-refractivity contribution < 1.29 is 28.6 Å². The van der Waals surface area contributed by atoms with Crippen molar-refractivity contribution in [3.8, 4) is 17.2 Å². The molecule has 0 unspecified atom stereocenters. The lowest BCUT2D eigenvalue weighted by molar-refractivity contribution is -0.304. The van der Waals surface area contributed by atoms with E-state index >= 15 is 0 Å². The van der Waals surface area contributed by atoms with Crippen molar-refractivity contribution in [3.05, 3.63) is 64.5 Å². The molecule has 0 atom stereocenters. The van der Waals surface area contributed by atoms with Gasteiger partial charge in [-0.05, 0) is 36.2 Å². The zero-order valence-electron chi connectivity index (χ0n) is 15.6. The van der Waals surface area contributed by atoms with Crippen LogP contribution < -0.4 is 25.3 Å². The number of carboxylic acids is 1. The van der Waals surface area contributed by atoms with E-state index in [0.717, 1.165) is 12.0 Å². The third-order valence-electron chi connectivity index (χ3n) is 4.07. The molecule has 150 valence electrons. The van der Waals surface area contributed by atoms with Crippen molar-refractivity contribution in [3.63, 3.8) is 0 Å². The Morgan fingerprint density at radius 1 is 1.10 bits per heavy atom. The first-order chi connectivity index (χ1) is 14.0. The number of benzene rings is 2. The summed E-state index contributed by atoms with van der Waals surface area (Å²) in [5.74, 6) is -1.15. The van der Waals surface area contributed by atoms with Gasteiger partial charge in [0, 0.05) is 6.07 Å². The molecule has 29 heavy (non-hydrogen) atoms. The van der Waals surface area contributed by atoms with E-state index in [1.807, 2.05) is 19.1 Å². The molecule has 8 heteroatoms. The smallest absolute Gasteiger partial charge is 0.258 e. The summed E-state index contributed by atoms with van der Waals surface area (Å²) in [5, 5.41) is 12.7. The molecule has 0 aliphatic heterocycles. The molecule has 3 aromatic rings. The van der Waals surface area contributed by atoms with Gasteiger partial charge in [0.05, 0.1) is 17.9 Å². The third-order valence-corrected chi connectivity index (χ3v) is 4.07. The number of rotatable bonds is 8. The van der Waals surface area contributed by atoms with Gasteiger partial charge in [-0.1, -0.05) is 19.1 Å². The van der Waals surface area contributed by atoms with Crippen molar-refractivity contribution in [2.24, 2.45) is 0 Å². The molecule has 1 N–H and O–H groups in total. The number of hydrogen-bond acceptors (Lipinski definition) is 7. The van der Waals surface area contributed by atoms with Crippen LogP contribution >= 0.6 is 0 Å². The lowest BCUT2D eigenvalue weighted by atomic mass is 10.2. The minimum Gasteiger partial charge on any atom is -0.548 e. The summed E-state index contributed by atoms with van der Waals surface area (Å²) in [6.07, 6.45) is 2.12. The number of carbonyl (C=O) groups excluding carboxylic acids is 2. The first kappa shape index (κ1) is 19.9. The number of nitrogens with one attached hydrogen (secondary N) is 1. The maximum atomic E-state index is 12.6. The van der Waals surface area contributed by atoms with Crippen LogP contribution in [0.3, 0.4) is 0 Å². The van der Waals surface area contributed by atoms with Crippen LogP contribution in [0.5, 0.6) is 17.2 Å². The van der Waals surface area contributed by atoms with Crippen LogP contribution in [0.15, 0.2) is 57.9 Å². The Balaban J connectivity index is 1.72. The average Bonchev–Trinajstić information content (AvgIpc) is 2.73. The Bertz CT molecular complexity index is 1090. The molecule has 0 radical (unpaired) electrons. The van der Waals surface area contributed by atoms with Gasteiger partial charge in [-0.3, -0.25) is 9.59 Å². The van der Waals surface area contributed by atoms with Gasteiger partial charge in [0.2, 0.25) is 11.2 Å². The number of fused-ring (bicyclic) bond motifs is 1. The van der Waals surface area contributed by atoms with Crippen LogP contribution in [0.25, 0.3) is 11.0 Å². The molecule has 0 saturated carbocycles. The molecule has 3 rings (SSSR count). The van der Waals surface area contributed by atoms with E-state index in [-0.39, 0.29) is 22.5 Å². The highest BCUT2D eigenvalue weighted by Gasteiger charge is 2.11. The van der Waals surface area contributed by atoms with Crippen LogP contribution in [-0.2, 0) is 16.0 Å². The first-order valence-corrected chi connectivity index (χ1v) is 8.88. The second-order valence-corrected chi connectivity index (χ2v) is 6.12. The zero-order chi connectivity index (χ0) is 20.8. The molecular formula is C21H18NO7-. The van der Waals surface area contributed by atoms with Crippen LogP contribution in [0.1, 0.15) is 12.5 Å². The standard InChI is InChI=1S/C21H19NO7/c1-2-13-3-5-14(6-4-13)29-18-11-28-17-9-15(7-8-16(17)21(18)26)27-12-19(23)22-10-20(24)25/h3-9,11H,2,10,12H2,1H3,(H,22,23)(H,24,25)/p-1. The number of amides is 1. The lowest BCUT2D eigenvalue weighted by Crippen LogP contribution is -2.39. The molecule has 0 aliphatic carbocycles. The van der Waals surface area contributed by atoms with Gasteiger partial charge in [0.1, 0.15) is 23.3 Å². The molecule has 2 aromatic carbocycles. The van der Waals surface area contributed by atoms with Gasteiger partial charge in [0.25, 0.3) is 5.91 Å². The van der Waals surface area contributed by atoms with Gasteiger partial charge < -0.3 is 29.1 Å². The van der Waals surface area contributed by atoms with Crippen molar-refractivity contribution in [2.45, 2.75) is 13.3 Å². The van der Waals surface area contributed by atoms with Gasteiger partial charge in [-0.15, -0.1) is 0 Å². The Labute approximate surface area is 165 Å². The highest BCUT2D eigenvalue weighted by molar-refractivity contribution is 5.82. The van der Waals surface area contributed by atoms with Crippen LogP contribution in [0.2, 0.25) is 0 Å². The number of aryl methyl sites for hydroxylation is 1. The summed E-state index contributed by atoms with van der Waals surface area (Å²) in [7, 11) is 0. The predicted molar refractivity (Wildman–Crippen MR) is 102 cm³/mol. The fourth-order valence-corrected chi connectivity index (χ4v) is 2.54. The van der Waals surface area contributed by atoms with Crippen molar-refractivity contribution in [1.29, 1.82) is 0 Å². The zero-order valence-corrected chi connectivity index (χ0v) is 15.6. The molecule has 0 spiro atoms. The Morgan fingerprint density at radius 2 is 1.83 bits per heavy atom. The fraction of sp³-hybridized carbons (Fsp3) is 0.190. The number of hydrogen-bond donors (Lipinski definition) is 1. The summed E-state index contributed by atoms with van der Waals surface area (Å²) >= 11 is 0. The molecule has 1 aromatic heterocycles. The van der Waals surface area contributed by atoms with E-state index in [4.69, 9.17) is 13.9 Å². The number of aliphatic carboxylic acids is 1. The highest BCUT2D eigenvalue weighted by atomic mass is 16.5. The average molecular weight is 396 g/mol. The fourth-order valence-electron chi connectivity index (χ4n) is 2.54. The van der Waals surface area contributed by atoms with Crippen LogP contribution in [0.4, 0.5) is 0 Å². The maximum Gasteiger partial charge on any atom is 0.258 e. The second-order valence-electron chi connectivity index (χ2n) is 6.12. The number of ether oxygens (including phenoxy) is 2. The van der Waals surface area contributed by atoms with E-state index in [9.17, 15) is 19.5 Å². The predicted octanol–water partition coefficient (Wildman–Crippen LogP) is 1.39. The van der Waals surface area contributed by atoms with Crippen LogP contribution in [-0.4, -0.2) is 25.0 Å². The molecule has 0 aliphatic rings. The summed E-state index contributed by atoms with van der Waals surface area (Å²) in [6, 6.07) is 11.9. The summed E-state index contributed by atoms with van der Waals surface area (Å²) in [6.45, 7) is 1.06. The van der Waals surface area contributed by atoms with E-state index < -0.39 is 25.0 Å². The van der Waals surface area contributed by atoms with Crippen molar-refractivity contribution >= 4 is 22.8 Å². The molecule has 1 amide bonds. The maximum absolute atomic E-state index is 12.6. The quantitative estimate of drug-likeness (QED) is 0.611. The SMILES string of the molecule is CCc1ccc(Oc2coc3cc(OCC(=O)NCC(=O)[O-])ccc3c2=O)cc1. The Kier molecular flexibility index (Phi) is 6.13.